The van der Waals surface area contributed by atoms with Crippen molar-refractivity contribution in [3.05, 3.63) is 24.0 Å². The summed E-state index contributed by atoms with van der Waals surface area (Å²) in [5.74, 6) is 0.171. The number of nitrogens with one attached hydrogen (secondary N) is 2. The van der Waals surface area contributed by atoms with Crippen LogP contribution >= 0.6 is 0 Å². The monoisotopic (exact) mass is 319 g/mol. The lowest BCUT2D eigenvalue weighted by Gasteiger charge is -2.34. The van der Waals surface area contributed by atoms with Gasteiger partial charge in [-0.1, -0.05) is 13.5 Å². The van der Waals surface area contributed by atoms with E-state index in [2.05, 4.69) is 27.2 Å². The van der Waals surface area contributed by atoms with Crippen LogP contribution in [0.15, 0.2) is 18.5 Å². The highest BCUT2D eigenvalue weighted by molar-refractivity contribution is 5.97. The number of aliphatic hydroxyl groups is 1. The van der Waals surface area contributed by atoms with E-state index in [4.69, 9.17) is 5.73 Å². The molecule has 7 nitrogen and oxygen atoms in total. The third-order valence-corrected chi connectivity index (χ3v) is 4.06. The number of hydrogen-bond donors (Lipinski definition) is 4. The number of carbonyl (C=O) groups is 1. The van der Waals surface area contributed by atoms with Crippen LogP contribution in [-0.4, -0.2) is 32.6 Å². The van der Waals surface area contributed by atoms with Crippen molar-refractivity contribution in [2.24, 2.45) is 5.73 Å². The van der Waals surface area contributed by atoms with Gasteiger partial charge in [-0.05, 0) is 39.0 Å². The highest BCUT2D eigenvalue weighted by atomic mass is 16.3. The number of aromatic nitrogens is 2. The zero-order chi connectivity index (χ0) is 17.0. The van der Waals surface area contributed by atoms with Gasteiger partial charge in [0, 0.05) is 17.9 Å². The van der Waals surface area contributed by atoms with Gasteiger partial charge >= 0.3 is 0 Å². The second-order valence-electron chi connectivity index (χ2n) is 6.34. The van der Waals surface area contributed by atoms with Gasteiger partial charge in [0.1, 0.15) is 5.82 Å². The summed E-state index contributed by atoms with van der Waals surface area (Å²) in [5.41, 5.74) is 5.72. The molecule has 0 spiro atoms. The first-order valence-electron chi connectivity index (χ1n) is 7.91. The number of hydrogen-bond acceptors (Lipinski definition) is 6. The number of carbonyl (C=O) groups excluding carboxylic acids is 1. The number of nitrogens with two attached hydrogens (primary N) is 1. The lowest BCUT2D eigenvalue weighted by molar-refractivity contribution is 0.0182. The Balaban J connectivity index is 2.21. The maximum absolute atomic E-state index is 11.6. The third-order valence-electron chi connectivity index (χ3n) is 4.06. The Morgan fingerprint density at radius 2 is 2.35 bits per heavy atom. The standard InChI is InChI=1S/C16H25N5O2/c1-4-10(2)19-15-18-9-12(13(17)22)14(21-15)20-11-6-5-7-16(3,23)8-11/h9,11,23H,2,4-8H2,1,3H3,(H2,17,22)(H2,18,19,20,21)/t11-,16+/m1/s1. The van der Waals surface area contributed by atoms with E-state index in [0.29, 0.717) is 18.2 Å². The Labute approximate surface area is 136 Å². The van der Waals surface area contributed by atoms with Gasteiger partial charge in [-0.25, -0.2) is 4.98 Å². The van der Waals surface area contributed by atoms with Crippen molar-refractivity contribution < 1.29 is 9.90 Å². The molecule has 5 N–H and O–H groups in total. The number of nitrogens with zero attached hydrogens (tertiary/aromatic N) is 2. The molecule has 0 unspecified atom stereocenters. The summed E-state index contributed by atoms with van der Waals surface area (Å²) < 4.78 is 0. The highest BCUT2D eigenvalue weighted by Crippen LogP contribution is 2.30. The molecule has 0 aromatic carbocycles. The van der Waals surface area contributed by atoms with Crippen LogP contribution in [0.3, 0.4) is 0 Å². The SMILES string of the molecule is C=C(CC)Nc1ncc(C(N)=O)c(N[C@@H]2CCC[C@](C)(O)C2)n1. The van der Waals surface area contributed by atoms with E-state index in [-0.39, 0.29) is 11.6 Å². The predicted molar refractivity (Wildman–Crippen MR) is 90.1 cm³/mol. The molecule has 1 amide bonds. The smallest absolute Gasteiger partial charge is 0.254 e. The van der Waals surface area contributed by atoms with Crippen molar-refractivity contribution in [2.75, 3.05) is 10.6 Å². The molecule has 1 aromatic rings. The second-order valence-corrected chi connectivity index (χ2v) is 6.34. The molecule has 1 aromatic heterocycles. The van der Waals surface area contributed by atoms with Gasteiger partial charge in [0.05, 0.1) is 11.2 Å². The molecule has 0 saturated heterocycles. The number of allylic oxidation sites excluding steroid dienone is 1. The molecule has 1 heterocycles. The number of rotatable bonds is 6. The molecule has 1 aliphatic rings. The van der Waals surface area contributed by atoms with Gasteiger partial charge in [-0.2, -0.15) is 4.98 Å². The van der Waals surface area contributed by atoms with E-state index < -0.39 is 11.5 Å². The van der Waals surface area contributed by atoms with Crippen LogP contribution in [-0.2, 0) is 0 Å². The minimum Gasteiger partial charge on any atom is -0.390 e. The Bertz CT molecular complexity index is 600. The topological polar surface area (TPSA) is 113 Å². The second kappa shape index (κ2) is 6.95. The molecule has 0 aliphatic heterocycles. The molecule has 1 saturated carbocycles. The van der Waals surface area contributed by atoms with Crippen molar-refractivity contribution in [2.45, 2.75) is 57.6 Å². The minimum absolute atomic E-state index is 0.0361. The van der Waals surface area contributed by atoms with Crippen LogP contribution in [0, 0.1) is 0 Å². The van der Waals surface area contributed by atoms with Crippen LogP contribution in [0.25, 0.3) is 0 Å². The molecule has 2 rings (SSSR count). The van der Waals surface area contributed by atoms with Crippen molar-refractivity contribution in [1.82, 2.24) is 9.97 Å². The Morgan fingerprint density at radius 3 is 2.96 bits per heavy atom. The van der Waals surface area contributed by atoms with Crippen LogP contribution in [0.4, 0.5) is 11.8 Å². The molecule has 126 valence electrons. The summed E-state index contributed by atoms with van der Waals surface area (Å²) in [5, 5.41) is 16.4. The van der Waals surface area contributed by atoms with E-state index in [1.165, 1.54) is 6.20 Å². The molecule has 7 heteroatoms. The lowest BCUT2D eigenvalue weighted by Crippen LogP contribution is -2.38. The zero-order valence-electron chi connectivity index (χ0n) is 13.7. The fourth-order valence-electron chi connectivity index (χ4n) is 2.76. The van der Waals surface area contributed by atoms with Crippen LogP contribution < -0.4 is 16.4 Å². The summed E-state index contributed by atoms with van der Waals surface area (Å²) >= 11 is 0. The quantitative estimate of drug-likeness (QED) is 0.638. The van der Waals surface area contributed by atoms with Gasteiger partial charge in [-0.15, -0.1) is 0 Å². The predicted octanol–water partition coefficient (Wildman–Crippen LogP) is 2.02. The minimum atomic E-state index is -0.701. The van der Waals surface area contributed by atoms with E-state index >= 15 is 0 Å². The maximum Gasteiger partial charge on any atom is 0.254 e. The Morgan fingerprint density at radius 1 is 1.61 bits per heavy atom. The summed E-state index contributed by atoms with van der Waals surface area (Å²) in [6.45, 7) is 7.65. The van der Waals surface area contributed by atoms with E-state index in [1.807, 2.05) is 13.8 Å². The summed E-state index contributed by atoms with van der Waals surface area (Å²) in [7, 11) is 0. The molecule has 1 aliphatic carbocycles. The van der Waals surface area contributed by atoms with Crippen molar-refractivity contribution >= 4 is 17.7 Å². The number of anilines is 2. The third kappa shape index (κ3) is 4.66. The fourth-order valence-corrected chi connectivity index (χ4v) is 2.76. The maximum atomic E-state index is 11.6. The molecule has 0 bridgehead atoms. The summed E-state index contributed by atoms with van der Waals surface area (Å²) in [6.07, 6.45) is 5.35. The van der Waals surface area contributed by atoms with Gasteiger partial charge in [-0.3, -0.25) is 4.79 Å². The Hall–Kier alpha value is -2.15. The zero-order valence-corrected chi connectivity index (χ0v) is 13.7. The van der Waals surface area contributed by atoms with E-state index in [9.17, 15) is 9.90 Å². The first-order valence-corrected chi connectivity index (χ1v) is 7.91. The van der Waals surface area contributed by atoms with Crippen molar-refractivity contribution in [3.8, 4) is 0 Å². The fraction of sp³-hybridized carbons (Fsp3) is 0.562. The van der Waals surface area contributed by atoms with Crippen LogP contribution in [0.5, 0.6) is 0 Å². The van der Waals surface area contributed by atoms with Gasteiger partial charge < -0.3 is 21.5 Å². The molecule has 2 atom stereocenters. The van der Waals surface area contributed by atoms with Gasteiger partial charge in [0.2, 0.25) is 5.95 Å². The summed E-state index contributed by atoms with van der Waals surface area (Å²) in [4.78, 5) is 20.0. The lowest BCUT2D eigenvalue weighted by atomic mass is 9.83. The van der Waals surface area contributed by atoms with Crippen LogP contribution in [0.1, 0.15) is 56.3 Å². The van der Waals surface area contributed by atoms with Gasteiger partial charge in [0.15, 0.2) is 0 Å². The normalized spacial score (nSPS) is 24.0. The molecule has 1 fully saturated rings. The van der Waals surface area contributed by atoms with Crippen molar-refractivity contribution in [1.29, 1.82) is 0 Å². The largest absolute Gasteiger partial charge is 0.390 e. The van der Waals surface area contributed by atoms with E-state index in [1.54, 1.807) is 0 Å². The van der Waals surface area contributed by atoms with Crippen molar-refractivity contribution in [3.63, 3.8) is 0 Å². The van der Waals surface area contributed by atoms with E-state index in [0.717, 1.165) is 31.4 Å². The molecule has 23 heavy (non-hydrogen) atoms. The molecular weight excluding hydrogens is 294 g/mol. The van der Waals surface area contributed by atoms with Crippen LogP contribution in [0.2, 0.25) is 0 Å². The first kappa shape index (κ1) is 17.2. The average molecular weight is 319 g/mol. The Kier molecular flexibility index (Phi) is 5.20. The molecule has 0 radical (unpaired) electrons. The highest BCUT2D eigenvalue weighted by Gasteiger charge is 2.30. The first-order chi connectivity index (χ1) is 10.8. The number of primary amides is 1. The number of amides is 1. The average Bonchev–Trinajstić information content (AvgIpc) is 2.46. The molecular formula is C16H25N5O2. The summed E-state index contributed by atoms with van der Waals surface area (Å²) in [6, 6.07) is 0.0361. The van der Waals surface area contributed by atoms with Gasteiger partial charge in [0.25, 0.3) is 5.91 Å².